The van der Waals surface area contributed by atoms with Crippen LogP contribution in [0.2, 0.25) is 0 Å². The monoisotopic (exact) mass is 456 g/mol. The van der Waals surface area contributed by atoms with Gasteiger partial charge in [0.2, 0.25) is 5.91 Å². The summed E-state index contributed by atoms with van der Waals surface area (Å²) in [5.74, 6) is -3.06. The smallest absolute Gasteiger partial charge is 0.311 e. The number of nitrogens with zero attached hydrogens (tertiary/aromatic N) is 2. The number of benzene rings is 2. The fraction of sp³-hybridized carbons (Fsp3) is 0.238. The molecule has 0 radical (unpaired) electrons. The zero-order valence-electron chi connectivity index (χ0n) is 17.5. The van der Waals surface area contributed by atoms with Crippen LogP contribution in [0.4, 0.5) is 11.4 Å². The van der Waals surface area contributed by atoms with E-state index in [-0.39, 0.29) is 18.5 Å². The van der Waals surface area contributed by atoms with Crippen LogP contribution in [0.1, 0.15) is 16.8 Å². The van der Waals surface area contributed by atoms with E-state index in [4.69, 9.17) is 9.47 Å². The highest BCUT2D eigenvalue weighted by atomic mass is 16.6. The van der Waals surface area contributed by atoms with Crippen LogP contribution in [0.15, 0.2) is 48.5 Å². The van der Waals surface area contributed by atoms with Crippen LogP contribution >= 0.6 is 0 Å². The minimum Gasteiger partial charge on any atom is -0.497 e. The highest BCUT2D eigenvalue weighted by Gasteiger charge is 2.37. The number of hydrogen-bond donors (Lipinski definition) is 2. The van der Waals surface area contributed by atoms with Crippen molar-refractivity contribution in [1.82, 2.24) is 10.4 Å². The molecule has 1 atom stereocenters. The number of esters is 1. The Kier molecular flexibility index (Phi) is 7.18. The van der Waals surface area contributed by atoms with Crippen molar-refractivity contribution in [3.05, 3.63) is 64.2 Å². The van der Waals surface area contributed by atoms with Gasteiger partial charge in [0.05, 0.1) is 24.5 Å². The average Bonchev–Trinajstić information content (AvgIpc) is 3.18. The Hall–Kier alpha value is -4.48. The first-order valence-electron chi connectivity index (χ1n) is 9.73. The van der Waals surface area contributed by atoms with E-state index in [1.54, 1.807) is 24.3 Å². The largest absolute Gasteiger partial charge is 0.497 e. The van der Waals surface area contributed by atoms with Crippen LogP contribution in [0.25, 0.3) is 0 Å². The highest BCUT2D eigenvalue weighted by molar-refractivity contribution is 5.99. The summed E-state index contributed by atoms with van der Waals surface area (Å²) < 4.78 is 10.0. The zero-order valence-corrected chi connectivity index (χ0v) is 17.5. The van der Waals surface area contributed by atoms with Crippen molar-refractivity contribution < 1.29 is 33.6 Å². The first kappa shape index (κ1) is 23.2. The maximum absolute atomic E-state index is 12.4. The molecule has 12 heteroatoms. The zero-order chi connectivity index (χ0) is 24.0. The third-order valence-electron chi connectivity index (χ3n) is 4.76. The topological polar surface area (TPSA) is 157 Å². The molecule has 0 aliphatic carbocycles. The molecule has 2 aromatic carbocycles. The SMILES string of the molecule is COc1ccc(NC(=O)COC(=O)[C@@H]2CC(=O)N(NC(=O)c3ccccc3[N+](=O)[O-])C2)cc1. The maximum atomic E-state index is 12.4. The third-order valence-corrected chi connectivity index (χ3v) is 4.76. The number of amides is 3. The van der Waals surface area contributed by atoms with E-state index in [1.807, 2.05) is 0 Å². The lowest BCUT2D eigenvalue weighted by molar-refractivity contribution is -0.385. The number of anilines is 1. The molecule has 0 spiro atoms. The molecular weight excluding hydrogens is 436 g/mol. The van der Waals surface area contributed by atoms with Gasteiger partial charge in [-0.2, -0.15) is 0 Å². The molecular formula is C21H20N4O8. The van der Waals surface area contributed by atoms with E-state index in [9.17, 15) is 29.3 Å². The molecule has 0 bridgehead atoms. The number of nitro groups is 1. The van der Waals surface area contributed by atoms with Gasteiger partial charge in [-0.15, -0.1) is 0 Å². The second-order valence-corrected chi connectivity index (χ2v) is 7.00. The van der Waals surface area contributed by atoms with Crippen LogP contribution in [-0.2, 0) is 19.1 Å². The average molecular weight is 456 g/mol. The van der Waals surface area contributed by atoms with Crippen molar-refractivity contribution in [2.45, 2.75) is 6.42 Å². The van der Waals surface area contributed by atoms with Crippen LogP contribution in [-0.4, -0.2) is 53.9 Å². The van der Waals surface area contributed by atoms with E-state index < -0.39 is 46.8 Å². The normalized spacial score (nSPS) is 15.0. The lowest BCUT2D eigenvalue weighted by atomic mass is 10.1. The Balaban J connectivity index is 1.51. The molecule has 0 aromatic heterocycles. The fourth-order valence-electron chi connectivity index (χ4n) is 3.11. The minimum absolute atomic E-state index is 0.190. The summed E-state index contributed by atoms with van der Waals surface area (Å²) in [6, 6.07) is 11.8. The van der Waals surface area contributed by atoms with Crippen molar-refractivity contribution in [3.8, 4) is 5.75 Å². The van der Waals surface area contributed by atoms with E-state index in [0.29, 0.717) is 11.4 Å². The number of hydrogen-bond acceptors (Lipinski definition) is 8. The second kappa shape index (κ2) is 10.2. The summed E-state index contributed by atoms with van der Waals surface area (Å²) in [6.07, 6.45) is -0.240. The minimum atomic E-state index is -0.905. The Morgan fingerprint density at radius 3 is 2.52 bits per heavy atom. The van der Waals surface area contributed by atoms with Gasteiger partial charge in [0.25, 0.3) is 17.5 Å². The van der Waals surface area contributed by atoms with Crippen molar-refractivity contribution in [3.63, 3.8) is 0 Å². The van der Waals surface area contributed by atoms with Gasteiger partial charge in [-0.1, -0.05) is 12.1 Å². The van der Waals surface area contributed by atoms with Gasteiger partial charge >= 0.3 is 5.97 Å². The van der Waals surface area contributed by atoms with Crippen LogP contribution in [0.5, 0.6) is 5.75 Å². The Morgan fingerprint density at radius 1 is 1.15 bits per heavy atom. The molecule has 1 fully saturated rings. The fourth-order valence-corrected chi connectivity index (χ4v) is 3.11. The highest BCUT2D eigenvalue weighted by Crippen LogP contribution is 2.21. The molecule has 1 aliphatic rings. The summed E-state index contributed by atoms with van der Waals surface area (Å²) in [7, 11) is 1.51. The number of ether oxygens (including phenoxy) is 2. The Morgan fingerprint density at radius 2 is 1.85 bits per heavy atom. The van der Waals surface area contributed by atoms with E-state index in [0.717, 1.165) is 11.1 Å². The first-order chi connectivity index (χ1) is 15.8. The lowest BCUT2D eigenvalue weighted by Gasteiger charge is -2.17. The lowest BCUT2D eigenvalue weighted by Crippen LogP contribution is -2.43. The molecule has 0 saturated carbocycles. The van der Waals surface area contributed by atoms with Gasteiger partial charge in [0, 0.05) is 18.2 Å². The van der Waals surface area contributed by atoms with Gasteiger partial charge in [-0.05, 0) is 30.3 Å². The van der Waals surface area contributed by atoms with Crippen molar-refractivity contribution in [2.24, 2.45) is 5.92 Å². The summed E-state index contributed by atoms with van der Waals surface area (Å²) in [6.45, 7) is -0.748. The van der Waals surface area contributed by atoms with Gasteiger partial charge in [-0.25, -0.2) is 0 Å². The standard InChI is InChI=1S/C21H20N4O8/c1-32-15-8-6-14(7-9-15)22-18(26)12-33-21(29)13-10-19(27)24(11-13)23-20(28)16-4-2-3-5-17(16)25(30)31/h2-9,13H,10-12H2,1H3,(H,22,26)(H,23,28)/t13-/m1/s1. The third kappa shape index (κ3) is 5.81. The number of rotatable bonds is 8. The number of para-hydroxylation sites is 1. The van der Waals surface area contributed by atoms with Gasteiger partial charge in [0.15, 0.2) is 6.61 Å². The van der Waals surface area contributed by atoms with Crippen LogP contribution in [0, 0.1) is 16.0 Å². The number of carbonyl (C=O) groups is 4. The number of hydrazine groups is 1. The van der Waals surface area contributed by atoms with Gasteiger partial charge in [-0.3, -0.25) is 39.7 Å². The molecule has 3 rings (SSSR count). The summed E-state index contributed by atoms with van der Waals surface area (Å²) in [5.41, 5.74) is 2.12. The summed E-state index contributed by atoms with van der Waals surface area (Å²) in [4.78, 5) is 59.2. The molecule has 3 amide bonds. The Bertz CT molecular complexity index is 1090. The summed E-state index contributed by atoms with van der Waals surface area (Å²) in [5, 5.41) is 14.5. The molecule has 2 N–H and O–H groups in total. The van der Waals surface area contributed by atoms with Crippen LogP contribution < -0.4 is 15.5 Å². The maximum Gasteiger partial charge on any atom is 0.311 e. The molecule has 2 aromatic rings. The van der Waals surface area contributed by atoms with Crippen molar-refractivity contribution in [1.29, 1.82) is 0 Å². The van der Waals surface area contributed by atoms with Crippen LogP contribution in [0.3, 0.4) is 0 Å². The molecule has 33 heavy (non-hydrogen) atoms. The summed E-state index contributed by atoms with van der Waals surface area (Å²) >= 11 is 0. The molecule has 1 saturated heterocycles. The van der Waals surface area contributed by atoms with Gasteiger partial charge < -0.3 is 14.8 Å². The number of methoxy groups -OCH3 is 1. The van der Waals surface area contributed by atoms with Gasteiger partial charge in [0.1, 0.15) is 11.3 Å². The predicted molar refractivity (Wildman–Crippen MR) is 113 cm³/mol. The Labute approximate surface area is 187 Å². The van der Waals surface area contributed by atoms with E-state index in [2.05, 4.69) is 10.7 Å². The number of nitrogens with one attached hydrogen (secondary N) is 2. The number of nitro benzene ring substituents is 1. The van der Waals surface area contributed by atoms with E-state index in [1.165, 1.54) is 25.3 Å². The quantitative estimate of drug-likeness (QED) is 0.342. The molecule has 12 nitrogen and oxygen atoms in total. The first-order valence-corrected chi connectivity index (χ1v) is 9.73. The molecule has 1 aliphatic heterocycles. The molecule has 172 valence electrons. The second-order valence-electron chi connectivity index (χ2n) is 7.00. The van der Waals surface area contributed by atoms with Crippen molar-refractivity contribution in [2.75, 3.05) is 25.6 Å². The molecule has 1 heterocycles. The van der Waals surface area contributed by atoms with Crippen molar-refractivity contribution >= 4 is 35.1 Å². The van der Waals surface area contributed by atoms with E-state index >= 15 is 0 Å². The molecule has 0 unspecified atom stereocenters. The predicted octanol–water partition coefficient (Wildman–Crippen LogP) is 1.28. The number of carbonyl (C=O) groups excluding carboxylic acids is 4.